The minimum absolute atomic E-state index is 0.0137. The van der Waals surface area contributed by atoms with Crippen LogP contribution in [0.5, 0.6) is 0 Å². The third-order valence-electron chi connectivity index (χ3n) is 2.39. The lowest BCUT2D eigenvalue weighted by atomic mass is 9.75. The molecule has 70 valence electrons. The number of carbonyl (C=O) groups excluding carboxylic acids is 2. The monoisotopic (exact) mass is 178 g/mol. The van der Waals surface area contributed by atoms with Gasteiger partial charge in [0.1, 0.15) is 0 Å². The highest BCUT2D eigenvalue weighted by molar-refractivity contribution is 6.12. The average molecular weight is 178 g/mol. The summed E-state index contributed by atoms with van der Waals surface area (Å²) >= 11 is 0. The molecule has 0 heterocycles. The molecule has 2 nitrogen and oxygen atoms in total. The summed E-state index contributed by atoms with van der Waals surface area (Å²) in [5.74, 6) is -0.0651. The molecular formula is C11H14O2. The van der Waals surface area contributed by atoms with Gasteiger partial charge in [0.25, 0.3) is 0 Å². The van der Waals surface area contributed by atoms with Gasteiger partial charge in [0.05, 0.1) is 0 Å². The van der Waals surface area contributed by atoms with Crippen molar-refractivity contribution in [3.63, 3.8) is 0 Å². The van der Waals surface area contributed by atoms with E-state index in [2.05, 4.69) is 0 Å². The molecule has 0 bridgehead atoms. The lowest BCUT2D eigenvalue weighted by Crippen LogP contribution is -2.24. The number of carbonyl (C=O) groups is 2. The van der Waals surface area contributed by atoms with Gasteiger partial charge in [-0.1, -0.05) is 19.9 Å². The largest absolute Gasteiger partial charge is 0.295 e. The van der Waals surface area contributed by atoms with Gasteiger partial charge in [0.2, 0.25) is 0 Å². The fourth-order valence-corrected chi connectivity index (χ4v) is 1.82. The van der Waals surface area contributed by atoms with E-state index >= 15 is 0 Å². The zero-order valence-corrected chi connectivity index (χ0v) is 8.47. The molecule has 0 unspecified atom stereocenters. The highest BCUT2D eigenvalue weighted by atomic mass is 16.1. The Morgan fingerprint density at radius 3 is 2.31 bits per heavy atom. The highest BCUT2D eigenvalue weighted by Gasteiger charge is 2.30. The summed E-state index contributed by atoms with van der Waals surface area (Å²) in [7, 11) is 0. The SMILES string of the molecule is CC(=O)C1=C(C)C(=O)C=CC1(C)C. The van der Waals surface area contributed by atoms with Gasteiger partial charge in [-0.25, -0.2) is 0 Å². The van der Waals surface area contributed by atoms with Crippen LogP contribution in [0.25, 0.3) is 0 Å². The van der Waals surface area contributed by atoms with Crippen LogP contribution in [0.3, 0.4) is 0 Å². The van der Waals surface area contributed by atoms with E-state index in [9.17, 15) is 9.59 Å². The van der Waals surface area contributed by atoms with Crippen molar-refractivity contribution in [3.8, 4) is 0 Å². The number of allylic oxidation sites excluding steroid dienone is 4. The molecule has 1 aliphatic carbocycles. The summed E-state index contributed by atoms with van der Waals surface area (Å²) < 4.78 is 0. The first kappa shape index (κ1) is 9.90. The third kappa shape index (κ3) is 1.62. The van der Waals surface area contributed by atoms with E-state index in [1.165, 1.54) is 6.92 Å². The Bertz CT molecular complexity index is 330. The second-order valence-electron chi connectivity index (χ2n) is 3.98. The Balaban J connectivity index is 3.30. The van der Waals surface area contributed by atoms with Gasteiger partial charge in [-0.3, -0.25) is 9.59 Å². The Morgan fingerprint density at radius 2 is 1.92 bits per heavy atom. The van der Waals surface area contributed by atoms with Crippen LogP contribution in [0.4, 0.5) is 0 Å². The summed E-state index contributed by atoms with van der Waals surface area (Å²) in [6.07, 6.45) is 3.33. The van der Waals surface area contributed by atoms with Gasteiger partial charge in [0.15, 0.2) is 11.6 Å². The number of Topliss-reactive ketones (excluding diaryl/α,β-unsaturated/α-hetero) is 1. The number of rotatable bonds is 1. The predicted molar refractivity (Wildman–Crippen MR) is 51.3 cm³/mol. The van der Waals surface area contributed by atoms with Gasteiger partial charge in [-0.05, 0) is 19.9 Å². The molecule has 0 amide bonds. The Labute approximate surface area is 78.3 Å². The standard InChI is InChI=1S/C11H14O2/c1-7-9(13)5-6-11(3,4)10(7)8(2)12/h5-6H,1-4H3. The molecule has 0 radical (unpaired) electrons. The van der Waals surface area contributed by atoms with E-state index < -0.39 is 0 Å². The van der Waals surface area contributed by atoms with Crippen molar-refractivity contribution in [1.82, 2.24) is 0 Å². The number of hydrogen-bond donors (Lipinski definition) is 0. The fraction of sp³-hybridized carbons (Fsp3) is 0.455. The molecule has 0 aromatic rings. The van der Waals surface area contributed by atoms with Gasteiger partial charge >= 0.3 is 0 Å². The van der Waals surface area contributed by atoms with E-state index in [1.807, 2.05) is 13.8 Å². The van der Waals surface area contributed by atoms with E-state index in [4.69, 9.17) is 0 Å². The second-order valence-corrected chi connectivity index (χ2v) is 3.98. The summed E-state index contributed by atoms with van der Waals surface area (Å²) in [6.45, 7) is 7.10. The minimum Gasteiger partial charge on any atom is -0.295 e. The second kappa shape index (κ2) is 2.95. The lowest BCUT2D eigenvalue weighted by Gasteiger charge is -2.27. The van der Waals surface area contributed by atoms with Crippen molar-refractivity contribution in [2.24, 2.45) is 5.41 Å². The fourth-order valence-electron chi connectivity index (χ4n) is 1.82. The third-order valence-corrected chi connectivity index (χ3v) is 2.39. The molecule has 0 atom stereocenters. The van der Waals surface area contributed by atoms with E-state index in [1.54, 1.807) is 19.1 Å². The molecule has 1 aliphatic rings. The van der Waals surface area contributed by atoms with Crippen LogP contribution in [0, 0.1) is 5.41 Å². The first-order chi connectivity index (χ1) is 5.86. The van der Waals surface area contributed by atoms with E-state index in [0.29, 0.717) is 11.1 Å². The summed E-state index contributed by atoms with van der Waals surface area (Å²) in [5, 5.41) is 0. The maximum atomic E-state index is 11.3. The summed E-state index contributed by atoms with van der Waals surface area (Å²) in [4.78, 5) is 22.6. The van der Waals surface area contributed by atoms with Crippen molar-refractivity contribution in [2.75, 3.05) is 0 Å². The first-order valence-electron chi connectivity index (χ1n) is 4.32. The van der Waals surface area contributed by atoms with Crippen LogP contribution in [-0.2, 0) is 9.59 Å². The van der Waals surface area contributed by atoms with Crippen LogP contribution in [0.2, 0.25) is 0 Å². The van der Waals surface area contributed by atoms with E-state index in [-0.39, 0.29) is 17.0 Å². The minimum atomic E-state index is -0.302. The summed E-state index contributed by atoms with van der Waals surface area (Å²) in [6, 6.07) is 0. The van der Waals surface area contributed by atoms with Crippen LogP contribution in [0.15, 0.2) is 23.3 Å². The maximum Gasteiger partial charge on any atom is 0.181 e. The zero-order valence-electron chi connectivity index (χ0n) is 8.47. The van der Waals surface area contributed by atoms with Gasteiger partial charge in [-0.15, -0.1) is 0 Å². The highest BCUT2D eigenvalue weighted by Crippen LogP contribution is 2.34. The van der Waals surface area contributed by atoms with Crippen molar-refractivity contribution in [2.45, 2.75) is 27.7 Å². The predicted octanol–water partition coefficient (Wildman–Crippen LogP) is 2.06. The van der Waals surface area contributed by atoms with Crippen molar-refractivity contribution < 1.29 is 9.59 Å². The maximum absolute atomic E-state index is 11.3. The Morgan fingerprint density at radius 1 is 1.38 bits per heavy atom. The molecule has 0 spiro atoms. The number of ketones is 2. The number of hydrogen-bond acceptors (Lipinski definition) is 2. The Hall–Kier alpha value is -1.18. The van der Waals surface area contributed by atoms with Crippen molar-refractivity contribution in [3.05, 3.63) is 23.3 Å². The zero-order chi connectivity index (χ0) is 10.2. The Kier molecular flexibility index (Phi) is 2.24. The molecular weight excluding hydrogens is 164 g/mol. The van der Waals surface area contributed by atoms with Gasteiger partial charge < -0.3 is 0 Å². The lowest BCUT2D eigenvalue weighted by molar-refractivity contribution is -0.116. The molecule has 0 aromatic heterocycles. The molecule has 0 fully saturated rings. The van der Waals surface area contributed by atoms with Crippen LogP contribution in [0.1, 0.15) is 27.7 Å². The molecule has 1 rings (SSSR count). The first-order valence-corrected chi connectivity index (χ1v) is 4.32. The van der Waals surface area contributed by atoms with Gasteiger partial charge in [-0.2, -0.15) is 0 Å². The molecule has 0 aromatic carbocycles. The summed E-state index contributed by atoms with van der Waals surface area (Å²) in [5.41, 5.74) is 0.920. The molecule has 0 saturated carbocycles. The average Bonchev–Trinajstić information content (AvgIpc) is 1.96. The quantitative estimate of drug-likeness (QED) is 0.616. The molecule has 0 aliphatic heterocycles. The van der Waals surface area contributed by atoms with Crippen molar-refractivity contribution in [1.29, 1.82) is 0 Å². The van der Waals surface area contributed by atoms with Crippen molar-refractivity contribution >= 4 is 11.6 Å². The van der Waals surface area contributed by atoms with Gasteiger partial charge in [0, 0.05) is 16.6 Å². The molecule has 13 heavy (non-hydrogen) atoms. The molecule has 0 saturated heterocycles. The normalized spacial score (nSPS) is 20.8. The van der Waals surface area contributed by atoms with Crippen LogP contribution >= 0.6 is 0 Å². The molecule has 0 N–H and O–H groups in total. The van der Waals surface area contributed by atoms with Crippen LogP contribution < -0.4 is 0 Å². The van der Waals surface area contributed by atoms with Crippen LogP contribution in [-0.4, -0.2) is 11.6 Å². The topological polar surface area (TPSA) is 34.1 Å². The molecule has 2 heteroatoms. The smallest absolute Gasteiger partial charge is 0.181 e. The van der Waals surface area contributed by atoms with E-state index in [0.717, 1.165) is 0 Å².